The molecule has 3 unspecified atom stereocenters. The highest BCUT2D eigenvalue weighted by molar-refractivity contribution is 5.83. The van der Waals surface area contributed by atoms with Crippen molar-refractivity contribution in [1.82, 2.24) is 20.7 Å². The molecule has 1 heterocycles. The van der Waals surface area contributed by atoms with E-state index in [-0.39, 0.29) is 11.9 Å². The lowest BCUT2D eigenvalue weighted by atomic mass is 9.93. The van der Waals surface area contributed by atoms with Gasteiger partial charge in [0.25, 0.3) is 0 Å². The topological polar surface area (TPSA) is 47.6 Å². The van der Waals surface area contributed by atoms with E-state index in [1.165, 1.54) is 5.56 Å². The predicted octanol–water partition coefficient (Wildman–Crippen LogP) is 1.95. The van der Waals surface area contributed by atoms with Crippen LogP contribution in [0.3, 0.4) is 0 Å². The summed E-state index contributed by atoms with van der Waals surface area (Å²) >= 11 is 0. The maximum absolute atomic E-state index is 13.0. The highest BCUT2D eigenvalue weighted by Gasteiger charge is 2.31. The normalized spacial score (nSPS) is 25.0. The first kappa shape index (κ1) is 18.9. The summed E-state index contributed by atoms with van der Waals surface area (Å²) in [6.07, 6.45) is 0.999. The van der Waals surface area contributed by atoms with Gasteiger partial charge in [0.15, 0.2) is 0 Å². The third-order valence-electron chi connectivity index (χ3n) is 5.11. The van der Waals surface area contributed by atoms with E-state index in [2.05, 4.69) is 43.8 Å². The molecule has 3 atom stereocenters. The number of amides is 1. The summed E-state index contributed by atoms with van der Waals surface area (Å²) in [7, 11) is 5.85. The zero-order valence-electron chi connectivity index (χ0n) is 15.8. The molecule has 1 aliphatic heterocycles. The third kappa shape index (κ3) is 4.35. The minimum absolute atomic E-state index is 0.157. The number of rotatable bonds is 6. The molecule has 0 aromatic heterocycles. The summed E-state index contributed by atoms with van der Waals surface area (Å²) in [6.45, 7) is 7.22. The second-order valence-corrected chi connectivity index (χ2v) is 7.36. The van der Waals surface area contributed by atoms with Gasteiger partial charge >= 0.3 is 0 Å². The monoisotopic (exact) mass is 332 g/mol. The van der Waals surface area contributed by atoms with Gasteiger partial charge in [-0.05, 0) is 52.8 Å². The zero-order chi connectivity index (χ0) is 17.9. The fraction of sp³-hybridized carbons (Fsp3) is 0.632. The quantitative estimate of drug-likeness (QED) is 0.836. The lowest BCUT2D eigenvalue weighted by Gasteiger charge is -2.30. The van der Waals surface area contributed by atoms with Crippen LogP contribution in [0, 0.1) is 12.8 Å². The molecule has 5 heteroatoms. The number of hydrazine groups is 1. The van der Waals surface area contributed by atoms with E-state index >= 15 is 0 Å². The molecule has 0 saturated carbocycles. The molecule has 0 spiro atoms. The molecule has 2 rings (SSSR count). The van der Waals surface area contributed by atoms with E-state index in [0.29, 0.717) is 18.0 Å². The summed E-state index contributed by atoms with van der Waals surface area (Å²) < 4.78 is 0. The Morgan fingerprint density at radius 1 is 1.17 bits per heavy atom. The number of likely N-dealkylation sites (N-methyl/N-ethyl adjacent to an activating group) is 2. The number of nitrogens with zero attached hydrogens (tertiary/aromatic N) is 2. The Morgan fingerprint density at radius 2 is 1.79 bits per heavy atom. The number of hydrogen-bond acceptors (Lipinski definition) is 4. The molecule has 1 amide bonds. The van der Waals surface area contributed by atoms with E-state index in [4.69, 9.17) is 0 Å². The number of hydrogen-bond donors (Lipinski definition) is 2. The van der Waals surface area contributed by atoms with Crippen LogP contribution in [0.15, 0.2) is 24.3 Å². The molecular weight excluding hydrogens is 300 g/mol. The van der Waals surface area contributed by atoms with Gasteiger partial charge in [-0.3, -0.25) is 20.5 Å². The van der Waals surface area contributed by atoms with E-state index in [0.717, 1.165) is 18.5 Å². The van der Waals surface area contributed by atoms with Gasteiger partial charge < -0.3 is 4.90 Å². The van der Waals surface area contributed by atoms with E-state index in [1.54, 1.807) is 0 Å². The molecule has 1 aromatic rings. The van der Waals surface area contributed by atoms with Gasteiger partial charge in [-0.15, -0.1) is 0 Å². The number of benzene rings is 1. The van der Waals surface area contributed by atoms with Crippen molar-refractivity contribution in [2.24, 2.45) is 5.92 Å². The fourth-order valence-corrected chi connectivity index (χ4v) is 3.57. The van der Waals surface area contributed by atoms with Crippen molar-refractivity contribution < 1.29 is 4.79 Å². The number of aryl methyl sites for hydroxylation is 1. The van der Waals surface area contributed by atoms with Crippen LogP contribution in [0.4, 0.5) is 0 Å². The zero-order valence-corrected chi connectivity index (χ0v) is 15.8. The highest BCUT2D eigenvalue weighted by atomic mass is 16.2. The Balaban J connectivity index is 2.04. The van der Waals surface area contributed by atoms with Crippen molar-refractivity contribution in [2.45, 2.75) is 45.3 Å². The van der Waals surface area contributed by atoms with Crippen molar-refractivity contribution in [3.63, 3.8) is 0 Å². The fourth-order valence-electron chi connectivity index (χ4n) is 3.57. The molecule has 134 valence electrons. The SMILES string of the molecule is Cc1cccc(C(C(=O)N(C)CCC2C(C)NNC2C)N(C)C)c1. The second-order valence-electron chi connectivity index (χ2n) is 7.36. The third-order valence-corrected chi connectivity index (χ3v) is 5.11. The van der Waals surface area contributed by atoms with Crippen molar-refractivity contribution in [3.8, 4) is 0 Å². The first-order valence-electron chi connectivity index (χ1n) is 8.80. The van der Waals surface area contributed by atoms with Gasteiger partial charge in [0, 0.05) is 25.7 Å². The Hall–Kier alpha value is -1.43. The Bertz CT molecular complexity index is 550. The van der Waals surface area contributed by atoms with Gasteiger partial charge in [-0.1, -0.05) is 29.8 Å². The van der Waals surface area contributed by atoms with Crippen molar-refractivity contribution in [2.75, 3.05) is 27.7 Å². The molecule has 0 bridgehead atoms. The van der Waals surface area contributed by atoms with Crippen LogP contribution in [0.2, 0.25) is 0 Å². The van der Waals surface area contributed by atoms with E-state index in [9.17, 15) is 4.79 Å². The molecular formula is C19H32N4O. The summed E-state index contributed by atoms with van der Waals surface area (Å²) in [5, 5.41) is 0. The average Bonchev–Trinajstić information content (AvgIpc) is 2.83. The minimum atomic E-state index is -0.232. The molecule has 0 radical (unpaired) electrons. The number of carbonyl (C=O) groups is 1. The van der Waals surface area contributed by atoms with Gasteiger partial charge in [0.1, 0.15) is 6.04 Å². The first-order valence-corrected chi connectivity index (χ1v) is 8.80. The van der Waals surface area contributed by atoms with Crippen molar-refractivity contribution in [1.29, 1.82) is 0 Å². The van der Waals surface area contributed by atoms with Crippen LogP contribution < -0.4 is 10.9 Å². The largest absolute Gasteiger partial charge is 0.344 e. The van der Waals surface area contributed by atoms with Crippen LogP contribution in [0.5, 0.6) is 0 Å². The lowest BCUT2D eigenvalue weighted by Crippen LogP contribution is -2.40. The van der Waals surface area contributed by atoms with Gasteiger partial charge in [-0.25, -0.2) is 0 Å². The van der Waals surface area contributed by atoms with Crippen molar-refractivity contribution >= 4 is 5.91 Å². The maximum Gasteiger partial charge on any atom is 0.244 e. The number of carbonyl (C=O) groups excluding carboxylic acids is 1. The first-order chi connectivity index (χ1) is 11.3. The van der Waals surface area contributed by atoms with E-state index in [1.807, 2.05) is 43.1 Å². The molecule has 1 saturated heterocycles. The second kappa shape index (κ2) is 8.10. The summed E-state index contributed by atoms with van der Waals surface area (Å²) in [6, 6.07) is 8.87. The van der Waals surface area contributed by atoms with Gasteiger partial charge in [0.2, 0.25) is 5.91 Å². The molecule has 2 N–H and O–H groups in total. The average molecular weight is 332 g/mol. The lowest BCUT2D eigenvalue weighted by molar-refractivity contribution is -0.135. The van der Waals surface area contributed by atoms with Gasteiger partial charge in [0.05, 0.1) is 0 Å². The molecule has 1 aliphatic rings. The molecule has 1 aromatic carbocycles. The Kier molecular flexibility index (Phi) is 6.38. The van der Waals surface area contributed by atoms with Crippen molar-refractivity contribution in [3.05, 3.63) is 35.4 Å². The van der Waals surface area contributed by atoms with Crippen LogP contribution in [0.1, 0.15) is 37.4 Å². The molecule has 5 nitrogen and oxygen atoms in total. The Labute approximate surface area is 146 Å². The summed E-state index contributed by atoms with van der Waals surface area (Å²) in [5.41, 5.74) is 8.81. The molecule has 1 fully saturated rings. The van der Waals surface area contributed by atoms with Crippen LogP contribution in [-0.2, 0) is 4.79 Å². The smallest absolute Gasteiger partial charge is 0.244 e. The summed E-state index contributed by atoms with van der Waals surface area (Å²) in [5.74, 6) is 0.696. The highest BCUT2D eigenvalue weighted by Crippen LogP contribution is 2.23. The summed E-state index contributed by atoms with van der Waals surface area (Å²) in [4.78, 5) is 16.9. The van der Waals surface area contributed by atoms with E-state index < -0.39 is 0 Å². The molecule has 24 heavy (non-hydrogen) atoms. The Morgan fingerprint density at radius 3 is 2.33 bits per heavy atom. The molecule has 0 aliphatic carbocycles. The van der Waals surface area contributed by atoms with Gasteiger partial charge in [-0.2, -0.15) is 0 Å². The maximum atomic E-state index is 13.0. The standard InChI is InChI=1S/C19H32N4O/c1-13-8-7-9-16(12-13)18(22(4)5)19(24)23(6)11-10-17-14(2)20-21-15(17)3/h7-9,12,14-15,17-18,20-21H,10-11H2,1-6H3. The minimum Gasteiger partial charge on any atom is -0.344 e. The van der Waals surface area contributed by atoms with Crippen LogP contribution >= 0.6 is 0 Å². The van der Waals surface area contributed by atoms with Crippen LogP contribution in [0.25, 0.3) is 0 Å². The van der Waals surface area contributed by atoms with Crippen LogP contribution in [-0.4, -0.2) is 55.5 Å². The number of nitrogens with one attached hydrogen (secondary N) is 2. The predicted molar refractivity (Wildman–Crippen MR) is 98.5 cm³/mol.